The molecule has 2 aliphatic rings. The molecule has 2 unspecified atom stereocenters. The number of hydrogen-bond acceptors (Lipinski definition) is 5. The zero-order valence-corrected chi connectivity index (χ0v) is 12.5. The van der Waals surface area contributed by atoms with Gasteiger partial charge in [-0.15, -0.1) is 0 Å². The molecule has 116 valence electrons. The number of ether oxygens (including phenoxy) is 3. The second-order valence-corrected chi connectivity index (χ2v) is 5.59. The Hall–Kier alpha value is -2.50. The number of rotatable bonds is 2. The van der Waals surface area contributed by atoms with E-state index >= 15 is 0 Å². The van der Waals surface area contributed by atoms with E-state index in [0.29, 0.717) is 21.9 Å². The van der Waals surface area contributed by atoms with Gasteiger partial charge in [0, 0.05) is 5.56 Å². The number of phenols is 1. The number of fused-ring (bicyclic) bond motifs is 2. The quantitative estimate of drug-likeness (QED) is 0.520. The largest absolute Gasteiger partial charge is 0.508 e. The molecule has 0 amide bonds. The third-order valence-electron chi connectivity index (χ3n) is 3.58. The Kier molecular flexibility index (Phi) is 3.25. The van der Waals surface area contributed by atoms with Crippen molar-refractivity contribution in [2.24, 2.45) is 0 Å². The minimum absolute atomic E-state index is 0.0823. The number of benzene rings is 2. The van der Waals surface area contributed by atoms with Crippen LogP contribution in [0, 0.1) is 0 Å². The fourth-order valence-electron chi connectivity index (χ4n) is 2.40. The summed E-state index contributed by atoms with van der Waals surface area (Å²) in [5.74, 6) is 0.332. The van der Waals surface area contributed by atoms with Crippen LogP contribution < -0.4 is 9.47 Å². The molecule has 6 heteroatoms. The monoisotopic (exact) mass is 330 g/mol. The summed E-state index contributed by atoms with van der Waals surface area (Å²) in [7, 11) is 0. The Bertz CT molecular complexity index is 829. The zero-order valence-electron chi connectivity index (χ0n) is 11.7. The van der Waals surface area contributed by atoms with Crippen LogP contribution in [0.5, 0.6) is 17.2 Å². The summed E-state index contributed by atoms with van der Waals surface area (Å²) in [5.41, 5.74) is 0.908. The molecule has 2 aromatic carbocycles. The first-order valence-electron chi connectivity index (χ1n) is 6.95. The summed E-state index contributed by atoms with van der Waals surface area (Å²) in [6.45, 7) is 0. The summed E-state index contributed by atoms with van der Waals surface area (Å²) < 4.78 is 16.3. The average Bonchev–Trinajstić information content (AvgIpc) is 3.28. The Labute approximate surface area is 136 Å². The minimum atomic E-state index is -0.564. The average molecular weight is 331 g/mol. The van der Waals surface area contributed by atoms with Gasteiger partial charge in [-0.25, -0.2) is 4.79 Å². The van der Waals surface area contributed by atoms with Crippen molar-refractivity contribution >= 4 is 23.6 Å². The topological polar surface area (TPSA) is 68.3 Å². The van der Waals surface area contributed by atoms with Gasteiger partial charge >= 0.3 is 5.97 Å². The summed E-state index contributed by atoms with van der Waals surface area (Å²) >= 11 is 6.00. The highest BCUT2D eigenvalue weighted by molar-refractivity contribution is 6.32. The number of para-hydroxylation sites is 1. The second kappa shape index (κ2) is 5.30. The predicted octanol–water partition coefficient (Wildman–Crippen LogP) is 3.15. The van der Waals surface area contributed by atoms with Gasteiger partial charge in [0.1, 0.15) is 17.2 Å². The lowest BCUT2D eigenvalue weighted by Gasteiger charge is -2.07. The first-order chi connectivity index (χ1) is 11.1. The van der Waals surface area contributed by atoms with Crippen LogP contribution in [-0.4, -0.2) is 23.5 Å². The summed E-state index contributed by atoms with van der Waals surface area (Å²) in [5, 5.41) is 9.95. The molecule has 0 bridgehead atoms. The molecule has 2 heterocycles. The van der Waals surface area contributed by atoms with Crippen molar-refractivity contribution in [3.63, 3.8) is 0 Å². The van der Waals surface area contributed by atoms with Crippen LogP contribution in [0.3, 0.4) is 0 Å². The summed E-state index contributed by atoms with van der Waals surface area (Å²) in [6.07, 6.45) is 0.594. The number of hydrogen-bond donors (Lipinski definition) is 1. The van der Waals surface area contributed by atoms with Crippen LogP contribution in [0.1, 0.15) is 5.56 Å². The maximum atomic E-state index is 12.5. The van der Waals surface area contributed by atoms with Crippen LogP contribution in [-0.2, 0) is 9.53 Å². The fourth-order valence-corrected chi connectivity index (χ4v) is 2.58. The van der Waals surface area contributed by atoms with E-state index in [1.54, 1.807) is 36.4 Å². The number of aromatic hydroxyl groups is 1. The van der Waals surface area contributed by atoms with Gasteiger partial charge in [0.2, 0.25) is 6.29 Å². The Morgan fingerprint density at radius 3 is 2.87 bits per heavy atom. The van der Waals surface area contributed by atoms with Gasteiger partial charge in [-0.2, -0.15) is 0 Å². The first kappa shape index (κ1) is 14.1. The SMILES string of the molecule is O=C(Oc1ccccc1Cl)C1=Cc2cc(O)ccc2OC2OC12. The van der Waals surface area contributed by atoms with Gasteiger partial charge < -0.3 is 19.3 Å². The molecule has 0 radical (unpaired) electrons. The molecular weight excluding hydrogens is 320 g/mol. The molecule has 5 nitrogen and oxygen atoms in total. The van der Waals surface area contributed by atoms with Crippen LogP contribution in [0.4, 0.5) is 0 Å². The van der Waals surface area contributed by atoms with Gasteiger partial charge in [0.15, 0.2) is 6.10 Å². The van der Waals surface area contributed by atoms with Gasteiger partial charge in [0.05, 0.1) is 10.6 Å². The van der Waals surface area contributed by atoms with Gasteiger partial charge in [-0.1, -0.05) is 23.7 Å². The van der Waals surface area contributed by atoms with Crippen molar-refractivity contribution in [2.45, 2.75) is 12.4 Å². The maximum Gasteiger partial charge on any atom is 0.342 e. The van der Waals surface area contributed by atoms with Crippen LogP contribution in [0.2, 0.25) is 5.02 Å². The molecule has 1 N–H and O–H groups in total. The van der Waals surface area contributed by atoms with Crippen molar-refractivity contribution in [1.29, 1.82) is 0 Å². The predicted molar refractivity (Wildman–Crippen MR) is 82.5 cm³/mol. The first-order valence-corrected chi connectivity index (χ1v) is 7.33. The Morgan fingerprint density at radius 2 is 2.04 bits per heavy atom. The summed E-state index contributed by atoms with van der Waals surface area (Å²) in [6, 6.07) is 11.4. The van der Waals surface area contributed by atoms with Crippen LogP contribution in [0.15, 0.2) is 48.0 Å². The van der Waals surface area contributed by atoms with Crippen molar-refractivity contribution in [1.82, 2.24) is 0 Å². The molecule has 0 saturated carbocycles. The van der Waals surface area contributed by atoms with Gasteiger partial charge in [-0.3, -0.25) is 0 Å². The van der Waals surface area contributed by atoms with Crippen molar-refractivity contribution in [3.8, 4) is 17.2 Å². The molecule has 4 rings (SSSR count). The highest BCUT2D eigenvalue weighted by atomic mass is 35.5. The Morgan fingerprint density at radius 1 is 1.22 bits per heavy atom. The molecule has 2 aromatic rings. The van der Waals surface area contributed by atoms with Crippen molar-refractivity contribution < 1.29 is 24.1 Å². The number of esters is 1. The van der Waals surface area contributed by atoms with Crippen LogP contribution in [0.25, 0.3) is 6.08 Å². The number of halogens is 1. The van der Waals surface area contributed by atoms with E-state index in [1.807, 2.05) is 0 Å². The van der Waals surface area contributed by atoms with Gasteiger partial charge in [-0.05, 0) is 36.4 Å². The van der Waals surface area contributed by atoms with Crippen LogP contribution >= 0.6 is 11.6 Å². The van der Waals surface area contributed by atoms with E-state index in [-0.39, 0.29) is 11.5 Å². The molecule has 2 atom stereocenters. The highest BCUT2D eigenvalue weighted by Gasteiger charge is 2.49. The van der Waals surface area contributed by atoms with E-state index < -0.39 is 18.4 Å². The lowest BCUT2D eigenvalue weighted by molar-refractivity contribution is -0.130. The maximum absolute atomic E-state index is 12.5. The molecule has 0 aliphatic carbocycles. The normalized spacial score (nSPS) is 21.2. The third-order valence-corrected chi connectivity index (χ3v) is 3.89. The molecule has 0 aromatic heterocycles. The molecule has 0 spiro atoms. The second-order valence-electron chi connectivity index (χ2n) is 5.18. The standard InChI is InChI=1S/C17H11ClO5/c18-12-3-1-2-4-14(12)21-16(20)11-8-9-7-10(19)5-6-13(9)22-17-15(11)23-17/h1-8,15,17,19H. The fraction of sp³-hybridized carbons (Fsp3) is 0.118. The van der Waals surface area contributed by atoms with Crippen molar-refractivity contribution in [2.75, 3.05) is 0 Å². The van der Waals surface area contributed by atoms with E-state index in [9.17, 15) is 9.90 Å². The minimum Gasteiger partial charge on any atom is -0.508 e. The van der Waals surface area contributed by atoms with Gasteiger partial charge in [0.25, 0.3) is 0 Å². The summed E-state index contributed by atoms with van der Waals surface area (Å²) in [4.78, 5) is 12.5. The lowest BCUT2D eigenvalue weighted by atomic mass is 10.1. The third kappa shape index (κ3) is 2.65. The Balaban J connectivity index is 1.67. The molecule has 2 aliphatic heterocycles. The molecular formula is C17H11ClO5. The number of phenolic OH excluding ortho intramolecular Hbond substituents is 1. The molecule has 23 heavy (non-hydrogen) atoms. The zero-order chi connectivity index (χ0) is 16.0. The molecule has 1 fully saturated rings. The number of carbonyl (C=O) groups is 1. The highest BCUT2D eigenvalue weighted by Crippen LogP contribution is 2.40. The van der Waals surface area contributed by atoms with E-state index in [0.717, 1.165) is 0 Å². The molecule has 1 saturated heterocycles. The number of carbonyl (C=O) groups excluding carboxylic acids is 1. The number of epoxide rings is 1. The smallest absolute Gasteiger partial charge is 0.342 e. The van der Waals surface area contributed by atoms with E-state index in [2.05, 4.69) is 0 Å². The van der Waals surface area contributed by atoms with E-state index in [1.165, 1.54) is 12.1 Å². The van der Waals surface area contributed by atoms with Crippen molar-refractivity contribution in [3.05, 3.63) is 58.6 Å². The lowest BCUT2D eigenvalue weighted by Crippen LogP contribution is -2.17. The van der Waals surface area contributed by atoms with E-state index in [4.69, 9.17) is 25.8 Å².